The van der Waals surface area contributed by atoms with Gasteiger partial charge in [0.05, 0.1) is 12.8 Å². The first-order valence-corrected chi connectivity index (χ1v) is 6.54. The number of hydrogen-bond donors (Lipinski definition) is 1. The minimum absolute atomic E-state index is 0.406. The van der Waals surface area contributed by atoms with Crippen LogP contribution in [0.3, 0.4) is 0 Å². The van der Waals surface area contributed by atoms with E-state index in [0.29, 0.717) is 19.0 Å². The highest BCUT2D eigenvalue weighted by molar-refractivity contribution is 5.64. The molecule has 0 amide bonds. The fourth-order valence-electron chi connectivity index (χ4n) is 1.81. The maximum absolute atomic E-state index is 5.38. The first-order chi connectivity index (χ1) is 9.76. The van der Waals surface area contributed by atoms with Crippen LogP contribution in [0, 0.1) is 0 Å². The van der Waals surface area contributed by atoms with E-state index in [1.807, 2.05) is 44.3 Å². The molecule has 2 aromatic rings. The third-order valence-electron chi connectivity index (χ3n) is 2.83. The quantitative estimate of drug-likeness (QED) is 0.877. The van der Waals surface area contributed by atoms with Gasteiger partial charge in [-0.25, -0.2) is 9.97 Å². The van der Waals surface area contributed by atoms with E-state index in [1.54, 1.807) is 7.11 Å². The van der Waals surface area contributed by atoms with Crippen LogP contribution in [-0.4, -0.2) is 30.7 Å². The molecule has 0 aliphatic carbocycles. The Labute approximate surface area is 119 Å². The van der Waals surface area contributed by atoms with Crippen molar-refractivity contribution in [1.29, 1.82) is 0 Å². The lowest BCUT2D eigenvalue weighted by atomic mass is 10.1. The van der Waals surface area contributed by atoms with Gasteiger partial charge >= 0.3 is 0 Å². The van der Waals surface area contributed by atoms with Crippen LogP contribution in [0.1, 0.15) is 12.7 Å². The second kappa shape index (κ2) is 6.86. The van der Waals surface area contributed by atoms with Crippen LogP contribution in [0.15, 0.2) is 30.3 Å². The zero-order chi connectivity index (χ0) is 14.4. The molecule has 5 nitrogen and oxygen atoms in total. The van der Waals surface area contributed by atoms with Crippen molar-refractivity contribution in [2.24, 2.45) is 0 Å². The average molecular weight is 273 g/mol. The second-order valence-electron chi connectivity index (χ2n) is 4.17. The van der Waals surface area contributed by atoms with Gasteiger partial charge in [0.15, 0.2) is 5.82 Å². The number of methoxy groups -OCH3 is 1. The topological polar surface area (TPSA) is 56.3 Å². The maximum atomic E-state index is 5.38. The Morgan fingerprint density at radius 3 is 2.75 bits per heavy atom. The average Bonchev–Trinajstić information content (AvgIpc) is 2.52. The summed E-state index contributed by atoms with van der Waals surface area (Å²) in [5.41, 5.74) is 1.83. The molecule has 0 aliphatic rings. The van der Waals surface area contributed by atoms with Crippen molar-refractivity contribution in [3.63, 3.8) is 0 Å². The van der Waals surface area contributed by atoms with Crippen molar-refractivity contribution in [3.05, 3.63) is 36.2 Å². The molecule has 20 heavy (non-hydrogen) atoms. The van der Waals surface area contributed by atoms with Gasteiger partial charge in [0.1, 0.15) is 18.2 Å². The van der Waals surface area contributed by atoms with Crippen LogP contribution in [0.4, 0.5) is 5.82 Å². The normalized spacial score (nSPS) is 10.3. The lowest BCUT2D eigenvalue weighted by molar-refractivity contribution is 0.128. The largest absolute Gasteiger partial charge is 0.497 e. The van der Waals surface area contributed by atoms with Crippen molar-refractivity contribution in [2.75, 3.05) is 26.1 Å². The number of nitrogens with one attached hydrogen (secondary N) is 1. The summed E-state index contributed by atoms with van der Waals surface area (Å²) in [5.74, 6) is 2.24. The van der Waals surface area contributed by atoms with Gasteiger partial charge in [-0.05, 0) is 19.1 Å². The van der Waals surface area contributed by atoms with Gasteiger partial charge in [-0.1, -0.05) is 12.1 Å². The van der Waals surface area contributed by atoms with E-state index >= 15 is 0 Å². The van der Waals surface area contributed by atoms with E-state index in [0.717, 1.165) is 22.8 Å². The molecule has 1 aromatic carbocycles. The van der Waals surface area contributed by atoms with Crippen molar-refractivity contribution >= 4 is 5.82 Å². The molecular weight excluding hydrogens is 254 g/mol. The summed E-state index contributed by atoms with van der Waals surface area (Å²) >= 11 is 0. The van der Waals surface area contributed by atoms with Crippen LogP contribution in [-0.2, 0) is 11.3 Å². The molecule has 0 fully saturated rings. The smallest absolute Gasteiger partial charge is 0.157 e. The standard InChI is InChI=1S/C15H19N3O2/c1-4-20-10-15-17-13(9-14(16-2)18-15)11-6-5-7-12(8-11)19-3/h5-9H,4,10H2,1-3H3,(H,16,17,18). The Kier molecular flexibility index (Phi) is 4.90. The predicted molar refractivity (Wildman–Crippen MR) is 78.9 cm³/mol. The SMILES string of the molecule is CCOCc1nc(NC)cc(-c2cccc(OC)c2)n1. The van der Waals surface area contributed by atoms with Crippen LogP contribution in [0.25, 0.3) is 11.3 Å². The second-order valence-corrected chi connectivity index (χ2v) is 4.17. The van der Waals surface area contributed by atoms with Crippen molar-refractivity contribution in [3.8, 4) is 17.0 Å². The highest BCUT2D eigenvalue weighted by Gasteiger charge is 2.07. The summed E-state index contributed by atoms with van der Waals surface area (Å²) in [6, 6.07) is 9.70. The number of aromatic nitrogens is 2. The highest BCUT2D eigenvalue weighted by Crippen LogP contribution is 2.24. The molecule has 5 heteroatoms. The predicted octanol–water partition coefficient (Wildman–Crippen LogP) is 2.73. The number of nitrogens with zero attached hydrogens (tertiary/aromatic N) is 2. The zero-order valence-electron chi connectivity index (χ0n) is 12.0. The molecule has 0 spiro atoms. The molecule has 0 atom stereocenters. The molecule has 2 rings (SSSR count). The number of hydrogen-bond acceptors (Lipinski definition) is 5. The molecule has 0 unspecified atom stereocenters. The first kappa shape index (κ1) is 14.3. The Balaban J connectivity index is 2.38. The van der Waals surface area contributed by atoms with Crippen LogP contribution >= 0.6 is 0 Å². The number of benzene rings is 1. The summed E-state index contributed by atoms with van der Waals surface area (Å²) in [5, 5.41) is 3.04. The Bertz CT molecular complexity index is 573. The van der Waals surface area contributed by atoms with Gasteiger partial charge in [-0.15, -0.1) is 0 Å². The molecule has 0 saturated carbocycles. The molecule has 0 radical (unpaired) electrons. The third-order valence-corrected chi connectivity index (χ3v) is 2.83. The molecule has 0 saturated heterocycles. The van der Waals surface area contributed by atoms with E-state index in [4.69, 9.17) is 9.47 Å². The van der Waals surface area contributed by atoms with Crippen LogP contribution < -0.4 is 10.1 Å². The summed E-state index contributed by atoms with van der Waals surface area (Å²) in [4.78, 5) is 8.91. The lowest BCUT2D eigenvalue weighted by Crippen LogP contribution is -2.04. The van der Waals surface area contributed by atoms with E-state index in [1.165, 1.54) is 0 Å². The van der Waals surface area contributed by atoms with Crippen molar-refractivity contribution in [1.82, 2.24) is 9.97 Å². The van der Waals surface area contributed by atoms with E-state index in [2.05, 4.69) is 15.3 Å². The van der Waals surface area contributed by atoms with E-state index in [9.17, 15) is 0 Å². The summed E-state index contributed by atoms with van der Waals surface area (Å²) in [7, 11) is 3.49. The minimum Gasteiger partial charge on any atom is -0.497 e. The van der Waals surface area contributed by atoms with Gasteiger partial charge in [-0.3, -0.25) is 0 Å². The molecule has 1 heterocycles. The summed E-state index contributed by atoms with van der Waals surface area (Å²) in [6.07, 6.45) is 0. The number of rotatable bonds is 6. The van der Waals surface area contributed by atoms with E-state index < -0.39 is 0 Å². The molecule has 1 N–H and O–H groups in total. The summed E-state index contributed by atoms with van der Waals surface area (Å²) in [6.45, 7) is 3.00. The number of anilines is 1. The highest BCUT2D eigenvalue weighted by atomic mass is 16.5. The fraction of sp³-hybridized carbons (Fsp3) is 0.333. The molecule has 1 aromatic heterocycles. The van der Waals surface area contributed by atoms with Crippen LogP contribution in [0.5, 0.6) is 5.75 Å². The van der Waals surface area contributed by atoms with Gasteiger partial charge in [0.25, 0.3) is 0 Å². The number of ether oxygens (including phenoxy) is 2. The summed E-state index contributed by atoms with van der Waals surface area (Å²) < 4.78 is 10.6. The van der Waals surface area contributed by atoms with Crippen molar-refractivity contribution < 1.29 is 9.47 Å². The lowest BCUT2D eigenvalue weighted by Gasteiger charge is -2.09. The zero-order valence-corrected chi connectivity index (χ0v) is 12.0. The van der Waals surface area contributed by atoms with E-state index in [-0.39, 0.29) is 0 Å². The molecular formula is C15H19N3O2. The third kappa shape index (κ3) is 3.45. The maximum Gasteiger partial charge on any atom is 0.157 e. The molecule has 0 aliphatic heterocycles. The van der Waals surface area contributed by atoms with Gasteiger partial charge in [0.2, 0.25) is 0 Å². The Morgan fingerprint density at radius 2 is 2.05 bits per heavy atom. The van der Waals surface area contributed by atoms with Gasteiger partial charge in [0, 0.05) is 25.3 Å². The Hall–Kier alpha value is -2.14. The minimum atomic E-state index is 0.406. The molecule has 0 bridgehead atoms. The van der Waals surface area contributed by atoms with Gasteiger partial charge < -0.3 is 14.8 Å². The molecule has 106 valence electrons. The first-order valence-electron chi connectivity index (χ1n) is 6.54. The van der Waals surface area contributed by atoms with Crippen molar-refractivity contribution in [2.45, 2.75) is 13.5 Å². The van der Waals surface area contributed by atoms with Gasteiger partial charge in [-0.2, -0.15) is 0 Å². The fourth-order valence-corrected chi connectivity index (χ4v) is 1.81. The Morgan fingerprint density at radius 1 is 1.20 bits per heavy atom. The van der Waals surface area contributed by atoms with Crippen LogP contribution in [0.2, 0.25) is 0 Å². The monoisotopic (exact) mass is 273 g/mol.